The average Bonchev–Trinajstić information content (AvgIpc) is 2.47. The van der Waals surface area contributed by atoms with E-state index in [1.54, 1.807) is 0 Å². The van der Waals surface area contributed by atoms with E-state index in [1.165, 1.54) is 0 Å². The Morgan fingerprint density at radius 3 is 2.33 bits per heavy atom. The van der Waals surface area contributed by atoms with Crippen LogP contribution >= 0.6 is 12.4 Å². The molecule has 2 unspecified atom stereocenters. The van der Waals surface area contributed by atoms with Crippen molar-refractivity contribution < 1.29 is 4.74 Å². The molecule has 1 aromatic carbocycles. The average molecular weight is 227 g/mol. The van der Waals surface area contributed by atoms with Crippen LogP contribution in [0.3, 0.4) is 0 Å². The Bertz CT molecular complexity index is 342. The second kappa shape index (κ2) is 4.53. The lowest BCUT2D eigenvalue weighted by Crippen LogP contribution is -2.27. The number of hydrogen-bond donors (Lipinski definition) is 1. The zero-order chi connectivity index (χ0) is 10.1. The highest BCUT2D eigenvalue weighted by Crippen LogP contribution is 2.30. The molecule has 0 spiro atoms. The summed E-state index contributed by atoms with van der Waals surface area (Å²) in [4.78, 5) is 1.84. The van der Waals surface area contributed by atoms with Crippen LogP contribution in [0, 0.1) is 5.41 Å². The van der Waals surface area contributed by atoms with Crippen LogP contribution in [0.1, 0.15) is 18.6 Å². The van der Waals surface area contributed by atoms with Crippen molar-refractivity contribution >= 4 is 18.4 Å². The fraction of sp³-hybridized carbons (Fsp3) is 0.364. The molecule has 1 heterocycles. The van der Waals surface area contributed by atoms with E-state index in [4.69, 9.17) is 10.1 Å². The van der Waals surface area contributed by atoms with Gasteiger partial charge in [0.2, 0.25) is 0 Å². The van der Waals surface area contributed by atoms with Gasteiger partial charge in [0, 0.05) is 7.05 Å². The highest BCUT2D eigenvalue weighted by atomic mass is 35.5. The molecule has 82 valence electrons. The maximum Gasteiger partial charge on any atom is 0.285 e. The van der Waals surface area contributed by atoms with E-state index in [1.807, 2.05) is 42.3 Å². The van der Waals surface area contributed by atoms with Gasteiger partial charge in [-0.2, -0.15) is 0 Å². The van der Waals surface area contributed by atoms with Crippen LogP contribution in [0.4, 0.5) is 0 Å². The van der Waals surface area contributed by atoms with E-state index < -0.39 is 0 Å². The number of halogens is 1. The van der Waals surface area contributed by atoms with Gasteiger partial charge in [-0.05, 0) is 12.5 Å². The van der Waals surface area contributed by atoms with Crippen molar-refractivity contribution in [3.05, 3.63) is 35.9 Å². The zero-order valence-corrected chi connectivity index (χ0v) is 9.62. The highest BCUT2D eigenvalue weighted by molar-refractivity contribution is 5.85. The minimum Gasteiger partial charge on any atom is -0.455 e. The van der Waals surface area contributed by atoms with Crippen molar-refractivity contribution in [3.8, 4) is 0 Å². The molecule has 1 aliphatic rings. The van der Waals surface area contributed by atoms with Gasteiger partial charge in [0.15, 0.2) is 0 Å². The molecule has 0 aromatic heterocycles. The van der Waals surface area contributed by atoms with Gasteiger partial charge in [-0.1, -0.05) is 30.3 Å². The highest BCUT2D eigenvalue weighted by Gasteiger charge is 2.34. The van der Waals surface area contributed by atoms with E-state index in [0.717, 1.165) is 5.56 Å². The molecule has 0 amide bonds. The summed E-state index contributed by atoms with van der Waals surface area (Å²) in [5, 5.41) is 7.57. The number of likely N-dealkylation sites (N-methyl/N-ethyl adjacent to an activating group) is 1. The molecule has 1 saturated heterocycles. The van der Waals surface area contributed by atoms with Gasteiger partial charge in [-0.3, -0.25) is 5.41 Å². The molecule has 15 heavy (non-hydrogen) atoms. The first-order valence-electron chi connectivity index (χ1n) is 4.73. The van der Waals surface area contributed by atoms with Gasteiger partial charge >= 0.3 is 0 Å². The first-order chi connectivity index (χ1) is 6.70. The molecule has 2 rings (SSSR count). The van der Waals surface area contributed by atoms with Crippen LogP contribution in [0.2, 0.25) is 0 Å². The molecule has 0 radical (unpaired) electrons. The van der Waals surface area contributed by atoms with Crippen LogP contribution in [0.25, 0.3) is 0 Å². The SMILES string of the molecule is CC1C(c2ccccc2)OC(=N)N1C.Cl. The van der Waals surface area contributed by atoms with Crippen molar-refractivity contribution in [2.75, 3.05) is 7.05 Å². The van der Waals surface area contributed by atoms with Gasteiger partial charge in [0.1, 0.15) is 6.10 Å². The third kappa shape index (κ3) is 2.07. The minimum absolute atomic E-state index is 0. The predicted octanol–water partition coefficient (Wildman–Crippen LogP) is 2.43. The van der Waals surface area contributed by atoms with E-state index in [9.17, 15) is 0 Å². The predicted molar refractivity (Wildman–Crippen MR) is 62.5 cm³/mol. The molecule has 4 heteroatoms. The quantitative estimate of drug-likeness (QED) is 0.799. The summed E-state index contributed by atoms with van der Waals surface area (Å²) >= 11 is 0. The van der Waals surface area contributed by atoms with Crippen molar-refractivity contribution in [2.45, 2.75) is 19.1 Å². The normalized spacial score (nSPS) is 24.7. The van der Waals surface area contributed by atoms with Crippen LogP contribution in [-0.2, 0) is 4.74 Å². The Morgan fingerprint density at radius 1 is 1.27 bits per heavy atom. The lowest BCUT2D eigenvalue weighted by molar-refractivity contribution is 0.201. The molecule has 1 N–H and O–H groups in total. The number of ether oxygens (including phenoxy) is 1. The molecule has 3 nitrogen and oxygen atoms in total. The van der Waals surface area contributed by atoms with Crippen LogP contribution in [-0.4, -0.2) is 24.0 Å². The fourth-order valence-corrected chi connectivity index (χ4v) is 1.68. The summed E-state index contributed by atoms with van der Waals surface area (Å²) in [6.45, 7) is 2.07. The summed E-state index contributed by atoms with van der Waals surface area (Å²) in [5.41, 5.74) is 1.13. The molecule has 1 aliphatic heterocycles. The van der Waals surface area contributed by atoms with Gasteiger partial charge < -0.3 is 9.64 Å². The Labute approximate surface area is 96.0 Å². The maximum absolute atomic E-state index is 7.57. The van der Waals surface area contributed by atoms with Gasteiger partial charge in [-0.15, -0.1) is 12.4 Å². The summed E-state index contributed by atoms with van der Waals surface area (Å²) in [6.07, 6.45) is -0.00583. The minimum atomic E-state index is -0.00583. The second-order valence-electron chi connectivity index (χ2n) is 3.61. The van der Waals surface area contributed by atoms with Gasteiger partial charge in [0.25, 0.3) is 6.02 Å². The van der Waals surface area contributed by atoms with E-state index in [-0.39, 0.29) is 30.6 Å². The van der Waals surface area contributed by atoms with Crippen molar-refractivity contribution in [1.82, 2.24) is 4.90 Å². The first-order valence-corrected chi connectivity index (χ1v) is 4.73. The second-order valence-corrected chi connectivity index (χ2v) is 3.61. The number of rotatable bonds is 1. The Hall–Kier alpha value is -1.22. The van der Waals surface area contributed by atoms with E-state index >= 15 is 0 Å². The molecule has 2 atom stereocenters. The molecular formula is C11H15ClN2O. The molecule has 0 aliphatic carbocycles. The smallest absolute Gasteiger partial charge is 0.285 e. The number of benzene rings is 1. The fourth-order valence-electron chi connectivity index (χ4n) is 1.68. The van der Waals surface area contributed by atoms with Crippen LogP contribution in [0.15, 0.2) is 30.3 Å². The lowest BCUT2D eigenvalue weighted by Gasteiger charge is -2.16. The summed E-state index contributed by atoms with van der Waals surface area (Å²) in [5.74, 6) is 0. The molecule has 1 aromatic rings. The Kier molecular flexibility index (Phi) is 3.58. The Morgan fingerprint density at radius 2 is 1.87 bits per heavy atom. The number of amidine groups is 1. The lowest BCUT2D eigenvalue weighted by atomic mass is 10.0. The topological polar surface area (TPSA) is 36.3 Å². The summed E-state index contributed by atoms with van der Waals surface area (Å²) in [6, 6.07) is 10.5. The molecular weight excluding hydrogens is 212 g/mol. The van der Waals surface area contributed by atoms with Crippen LogP contribution in [0.5, 0.6) is 0 Å². The van der Waals surface area contributed by atoms with Gasteiger partial charge in [0.05, 0.1) is 6.04 Å². The third-order valence-corrected chi connectivity index (χ3v) is 2.74. The van der Waals surface area contributed by atoms with Crippen molar-refractivity contribution in [1.29, 1.82) is 5.41 Å². The third-order valence-electron chi connectivity index (χ3n) is 2.74. The van der Waals surface area contributed by atoms with Crippen molar-refractivity contribution in [3.63, 3.8) is 0 Å². The number of hydrogen-bond acceptors (Lipinski definition) is 2. The first kappa shape index (κ1) is 11.9. The van der Waals surface area contributed by atoms with Gasteiger partial charge in [-0.25, -0.2) is 0 Å². The molecule has 1 fully saturated rings. The van der Waals surface area contributed by atoms with Crippen molar-refractivity contribution in [2.24, 2.45) is 0 Å². The molecule has 0 bridgehead atoms. The van der Waals surface area contributed by atoms with E-state index in [0.29, 0.717) is 0 Å². The number of nitrogens with one attached hydrogen (secondary N) is 1. The van der Waals surface area contributed by atoms with Crippen LogP contribution < -0.4 is 0 Å². The standard InChI is InChI=1S/C11H14N2O.ClH/c1-8-10(14-11(12)13(8)2)9-6-4-3-5-7-9;/h3-8,10,12H,1-2H3;1H. The zero-order valence-electron chi connectivity index (χ0n) is 8.81. The maximum atomic E-state index is 7.57. The summed E-state index contributed by atoms with van der Waals surface area (Å²) in [7, 11) is 1.88. The van der Waals surface area contributed by atoms with E-state index in [2.05, 4.69) is 6.92 Å². The largest absolute Gasteiger partial charge is 0.455 e. The number of nitrogens with zero attached hydrogens (tertiary/aromatic N) is 1. The summed E-state index contributed by atoms with van der Waals surface area (Å²) < 4.78 is 5.48. The molecule has 0 saturated carbocycles. The monoisotopic (exact) mass is 226 g/mol. The Balaban J connectivity index is 0.00000112.